The van der Waals surface area contributed by atoms with Gasteiger partial charge in [0.1, 0.15) is 17.4 Å². The molecule has 168 valence electrons. The number of hydrogen-bond donors (Lipinski definition) is 1. The van der Waals surface area contributed by atoms with Crippen LogP contribution in [0.2, 0.25) is 10.0 Å². The third-order valence-electron chi connectivity index (χ3n) is 6.09. The topological polar surface area (TPSA) is 100 Å². The van der Waals surface area contributed by atoms with Gasteiger partial charge in [-0.15, -0.1) is 0 Å². The maximum Gasteiger partial charge on any atom is 0.248 e. The molecule has 1 fully saturated rings. The van der Waals surface area contributed by atoms with Crippen LogP contribution in [0.1, 0.15) is 35.6 Å². The number of fused-ring (bicyclic) bond motifs is 3. The molecule has 1 amide bonds. The van der Waals surface area contributed by atoms with E-state index in [9.17, 15) is 18.3 Å². The first-order valence-electron chi connectivity index (χ1n) is 9.86. The average Bonchev–Trinajstić information content (AvgIpc) is 3.20. The van der Waals surface area contributed by atoms with E-state index in [0.29, 0.717) is 50.3 Å². The Morgan fingerprint density at radius 1 is 1.23 bits per heavy atom. The predicted octanol–water partition coefficient (Wildman–Crippen LogP) is 2.52. The normalized spacial score (nSPS) is 17.9. The zero-order valence-electron chi connectivity index (χ0n) is 17.2. The van der Waals surface area contributed by atoms with Gasteiger partial charge in [0.15, 0.2) is 0 Å². The number of halogens is 2. The van der Waals surface area contributed by atoms with Gasteiger partial charge in [-0.05, 0) is 30.0 Å². The van der Waals surface area contributed by atoms with Gasteiger partial charge in [0.05, 0.1) is 23.9 Å². The highest BCUT2D eigenvalue weighted by Crippen LogP contribution is 2.44. The molecule has 3 heterocycles. The number of carbonyl (C=O) groups is 1. The van der Waals surface area contributed by atoms with Crippen molar-refractivity contribution >= 4 is 50.0 Å². The van der Waals surface area contributed by atoms with Gasteiger partial charge in [-0.1, -0.05) is 23.2 Å². The number of carbonyl (C=O) groups excluding carboxylic acids is 1. The van der Waals surface area contributed by atoms with Crippen molar-refractivity contribution in [1.29, 1.82) is 0 Å². The summed E-state index contributed by atoms with van der Waals surface area (Å²) < 4.78 is 30.6. The van der Waals surface area contributed by atoms with Crippen LogP contribution in [0.4, 0.5) is 0 Å². The van der Waals surface area contributed by atoms with Crippen molar-refractivity contribution < 1.29 is 23.1 Å². The van der Waals surface area contributed by atoms with E-state index in [-0.39, 0.29) is 21.9 Å². The van der Waals surface area contributed by atoms with Crippen LogP contribution in [0, 0.1) is 0 Å². The minimum absolute atomic E-state index is 0.0253. The number of piperidine rings is 1. The maximum atomic E-state index is 12.2. The highest BCUT2D eigenvalue weighted by Gasteiger charge is 2.34. The molecule has 1 saturated heterocycles. The van der Waals surface area contributed by atoms with E-state index < -0.39 is 16.6 Å². The van der Waals surface area contributed by atoms with Gasteiger partial charge in [-0.2, -0.15) is 0 Å². The zero-order valence-corrected chi connectivity index (χ0v) is 19.5. The highest BCUT2D eigenvalue weighted by atomic mass is 35.5. The lowest BCUT2D eigenvalue weighted by Crippen LogP contribution is -2.37. The fourth-order valence-electron chi connectivity index (χ4n) is 4.46. The zero-order chi connectivity index (χ0) is 22.5. The fourth-order valence-corrected chi connectivity index (χ4v) is 5.79. The Morgan fingerprint density at radius 3 is 2.45 bits per heavy atom. The number of nitrogens with zero attached hydrogens (tertiary/aromatic N) is 3. The van der Waals surface area contributed by atoms with E-state index in [2.05, 4.69) is 0 Å². The summed E-state index contributed by atoms with van der Waals surface area (Å²) in [5, 5.41) is 10.6. The largest absolute Gasteiger partial charge is 0.495 e. The monoisotopic (exact) mass is 487 g/mol. The molecule has 2 aliphatic rings. The van der Waals surface area contributed by atoms with Gasteiger partial charge in [0.25, 0.3) is 0 Å². The van der Waals surface area contributed by atoms with E-state index in [1.165, 1.54) is 17.7 Å². The van der Waals surface area contributed by atoms with Crippen LogP contribution in [0.5, 0.6) is 5.75 Å². The quantitative estimate of drug-likeness (QED) is 0.710. The van der Waals surface area contributed by atoms with Crippen LogP contribution in [0.3, 0.4) is 0 Å². The molecule has 0 atom stereocenters. The minimum Gasteiger partial charge on any atom is -0.495 e. The number of rotatable bonds is 4. The number of ether oxygens (including phenoxy) is 1. The first-order valence-corrected chi connectivity index (χ1v) is 12.5. The second kappa shape index (κ2) is 8.37. The van der Waals surface area contributed by atoms with Crippen molar-refractivity contribution in [2.45, 2.75) is 31.8 Å². The summed E-state index contributed by atoms with van der Waals surface area (Å²) in [5.74, 6) is 0.0794. The minimum atomic E-state index is -3.24. The van der Waals surface area contributed by atoms with Crippen LogP contribution in [-0.2, 0) is 27.9 Å². The molecule has 0 aliphatic carbocycles. The Labute approximate surface area is 190 Å². The summed E-state index contributed by atoms with van der Waals surface area (Å²) in [6.07, 6.45) is 2.45. The molecular formula is C20H23Cl2N3O5S. The molecule has 2 aliphatic heterocycles. The second-order valence-electron chi connectivity index (χ2n) is 7.90. The van der Waals surface area contributed by atoms with Crippen molar-refractivity contribution in [2.75, 3.05) is 33.1 Å². The number of aliphatic hydroxyl groups is 1. The first-order chi connectivity index (χ1) is 14.7. The number of aromatic nitrogens is 1. The van der Waals surface area contributed by atoms with Crippen molar-refractivity contribution in [3.63, 3.8) is 0 Å². The van der Waals surface area contributed by atoms with Crippen LogP contribution in [0.25, 0.3) is 10.9 Å². The highest BCUT2D eigenvalue weighted by molar-refractivity contribution is 7.88. The number of amides is 1. The first kappa shape index (κ1) is 22.5. The Balaban J connectivity index is 1.83. The number of methoxy groups -OCH3 is 1. The molecule has 1 N–H and O–H groups in total. The molecule has 2 aromatic rings. The molecule has 0 bridgehead atoms. The van der Waals surface area contributed by atoms with Crippen molar-refractivity contribution in [3.8, 4) is 5.75 Å². The van der Waals surface area contributed by atoms with Gasteiger partial charge >= 0.3 is 0 Å². The molecule has 0 radical (unpaired) electrons. The van der Waals surface area contributed by atoms with Crippen LogP contribution in [-0.4, -0.2) is 66.7 Å². The van der Waals surface area contributed by atoms with E-state index in [4.69, 9.17) is 32.9 Å². The van der Waals surface area contributed by atoms with Crippen LogP contribution < -0.4 is 4.74 Å². The number of sulfonamides is 1. The molecule has 31 heavy (non-hydrogen) atoms. The van der Waals surface area contributed by atoms with E-state index in [1.54, 1.807) is 11.0 Å². The molecular weight excluding hydrogens is 465 g/mol. The Hall–Kier alpha value is -1.65. The number of pyridine rings is 1. The summed E-state index contributed by atoms with van der Waals surface area (Å²) in [7, 11) is -1.74. The molecule has 1 aromatic carbocycles. The molecule has 0 saturated carbocycles. The van der Waals surface area contributed by atoms with Crippen molar-refractivity contribution in [2.24, 2.45) is 0 Å². The van der Waals surface area contributed by atoms with Gasteiger partial charge in [-0.3, -0.25) is 9.78 Å². The lowest BCUT2D eigenvalue weighted by molar-refractivity contribution is -0.134. The van der Waals surface area contributed by atoms with Gasteiger partial charge in [0.2, 0.25) is 15.9 Å². The van der Waals surface area contributed by atoms with Crippen molar-refractivity contribution in [1.82, 2.24) is 14.2 Å². The standard InChI is InChI=1S/C20H23Cl2N3O5S/c1-30-15-7-12-13-8-24(16(27)10-26)9-14(13)19(23-20(12)18(22)17(15)21)11-3-5-25(6-4-11)31(2,28)29/h7,11,26H,3-6,8-10H2,1-2H3. The van der Waals surface area contributed by atoms with Gasteiger partial charge in [-0.25, -0.2) is 12.7 Å². The van der Waals surface area contributed by atoms with E-state index in [1.807, 2.05) is 0 Å². The average molecular weight is 488 g/mol. The summed E-state index contributed by atoms with van der Waals surface area (Å²) >= 11 is 12.9. The SMILES string of the molecule is COc1cc2c3c(c(C4CCN(S(C)(=O)=O)CC4)nc2c(Cl)c1Cl)CN(C(=O)CO)C3. The fraction of sp³-hybridized carbons (Fsp3) is 0.500. The smallest absolute Gasteiger partial charge is 0.248 e. The molecule has 0 unspecified atom stereocenters. The Kier molecular flexibility index (Phi) is 6.08. The van der Waals surface area contributed by atoms with Gasteiger partial charge in [0, 0.05) is 43.2 Å². The van der Waals surface area contributed by atoms with Gasteiger partial charge < -0.3 is 14.7 Å². The summed E-state index contributed by atoms with van der Waals surface area (Å²) in [4.78, 5) is 18.7. The van der Waals surface area contributed by atoms with E-state index in [0.717, 1.165) is 22.2 Å². The maximum absolute atomic E-state index is 12.2. The molecule has 8 nitrogen and oxygen atoms in total. The van der Waals surface area contributed by atoms with Crippen LogP contribution in [0.15, 0.2) is 6.07 Å². The predicted molar refractivity (Wildman–Crippen MR) is 118 cm³/mol. The number of aliphatic hydroxyl groups excluding tert-OH is 1. The molecule has 4 rings (SSSR count). The number of benzene rings is 1. The molecule has 11 heteroatoms. The Bertz CT molecular complexity index is 1160. The number of hydrogen-bond acceptors (Lipinski definition) is 6. The summed E-state index contributed by atoms with van der Waals surface area (Å²) in [6, 6.07) is 1.78. The third kappa shape index (κ3) is 3.98. The lowest BCUT2D eigenvalue weighted by Gasteiger charge is -2.31. The van der Waals surface area contributed by atoms with Crippen molar-refractivity contribution in [3.05, 3.63) is 32.9 Å². The lowest BCUT2D eigenvalue weighted by atomic mass is 9.89. The molecule has 1 aromatic heterocycles. The summed E-state index contributed by atoms with van der Waals surface area (Å²) in [6.45, 7) is 0.909. The van der Waals surface area contributed by atoms with E-state index >= 15 is 0 Å². The third-order valence-corrected chi connectivity index (χ3v) is 8.24. The Morgan fingerprint density at radius 2 is 1.87 bits per heavy atom. The second-order valence-corrected chi connectivity index (χ2v) is 10.6. The van der Waals surface area contributed by atoms with Crippen LogP contribution >= 0.6 is 23.2 Å². The summed E-state index contributed by atoms with van der Waals surface area (Å²) in [5.41, 5.74) is 3.17. The molecule has 0 spiro atoms.